The van der Waals surface area contributed by atoms with E-state index in [1.165, 1.54) is 0 Å². The molecule has 0 N–H and O–H groups in total. The van der Waals surface area contributed by atoms with Gasteiger partial charge in [0.2, 0.25) is 0 Å². The number of hydrogen-bond acceptors (Lipinski definition) is 4. The van der Waals surface area contributed by atoms with Crippen molar-refractivity contribution in [2.75, 3.05) is 0 Å². The van der Waals surface area contributed by atoms with E-state index in [1.807, 2.05) is 0 Å². The Kier molecular flexibility index (Phi) is 8.04. The summed E-state index contributed by atoms with van der Waals surface area (Å²) in [6.07, 6.45) is 0. The van der Waals surface area contributed by atoms with E-state index in [4.69, 9.17) is 0 Å². The fourth-order valence-corrected chi connectivity index (χ4v) is 0. The van der Waals surface area contributed by atoms with Crippen molar-refractivity contribution in [3.63, 3.8) is 0 Å². The van der Waals surface area contributed by atoms with Gasteiger partial charge in [-0.2, -0.15) is 0 Å². The van der Waals surface area contributed by atoms with Crippen LogP contribution >= 0.6 is 50.5 Å². The van der Waals surface area contributed by atoms with Crippen molar-refractivity contribution < 1.29 is 29.6 Å². The smallest absolute Gasteiger partial charge is 0.141 e. The Morgan fingerprint density at radius 1 is 0.833 bits per heavy atom. The van der Waals surface area contributed by atoms with Gasteiger partial charge in [-0.1, -0.05) is 0 Å². The van der Waals surface area contributed by atoms with E-state index in [0.717, 1.165) is 0 Å². The number of thiol groups is 4. The zero-order chi connectivity index (χ0) is 4.50. The van der Waals surface area contributed by atoms with Crippen LogP contribution in [-0.4, -0.2) is 2.74 Å². The predicted octanol–water partition coefficient (Wildman–Crippen LogP) is -1.68. The summed E-state index contributed by atoms with van der Waals surface area (Å²) in [4.78, 5) is 0. The van der Waals surface area contributed by atoms with E-state index in [0.29, 0.717) is 0 Å². The number of hydrogen-bond donors (Lipinski definition) is 4. The van der Waals surface area contributed by atoms with Crippen molar-refractivity contribution >= 4 is 50.5 Å². The minimum absolute atomic E-state index is 0. The molecule has 0 amide bonds. The van der Waals surface area contributed by atoms with Crippen LogP contribution in [0, 0.1) is 0 Å². The molecule has 0 heterocycles. The first-order chi connectivity index (χ1) is 2.00. The third-order valence-electron chi connectivity index (χ3n) is 0. The monoisotopic (exact) mass is 167 g/mol. The molecule has 0 radical (unpaired) electrons. The van der Waals surface area contributed by atoms with Gasteiger partial charge in [-0.3, -0.25) is 0 Å². The van der Waals surface area contributed by atoms with Gasteiger partial charge in [0.05, 0.1) is 0 Å². The maximum Gasteiger partial charge on any atom is 1.00 e. The molecule has 0 spiro atoms. The largest absolute Gasteiger partial charge is 1.00 e. The standard InChI is InChI=1S/CH4S4.Na/c2-1(3,4)5;/h2-5H;/q;+1. The van der Waals surface area contributed by atoms with Gasteiger partial charge >= 0.3 is 29.6 Å². The normalized spacial score (nSPS) is 10.0. The van der Waals surface area contributed by atoms with Crippen molar-refractivity contribution in [3.05, 3.63) is 0 Å². The van der Waals surface area contributed by atoms with Crippen LogP contribution in [-0.2, 0) is 0 Å². The van der Waals surface area contributed by atoms with Crippen molar-refractivity contribution in [1.82, 2.24) is 0 Å². The van der Waals surface area contributed by atoms with Crippen LogP contribution in [0.15, 0.2) is 0 Å². The SMILES string of the molecule is SC(S)(S)S.[Na+]. The molecule has 0 aliphatic heterocycles. The van der Waals surface area contributed by atoms with Gasteiger partial charge in [-0.15, -0.1) is 50.5 Å². The van der Waals surface area contributed by atoms with Crippen LogP contribution < -0.4 is 29.6 Å². The molecule has 0 saturated heterocycles. The predicted molar refractivity (Wildman–Crippen MR) is 38.7 cm³/mol. The quantitative estimate of drug-likeness (QED) is 0.185. The minimum atomic E-state index is -0.722. The third kappa shape index (κ3) is 32.4. The molecule has 0 rings (SSSR count). The van der Waals surface area contributed by atoms with Gasteiger partial charge in [0.25, 0.3) is 0 Å². The van der Waals surface area contributed by atoms with Gasteiger partial charge < -0.3 is 0 Å². The van der Waals surface area contributed by atoms with Gasteiger partial charge in [0, 0.05) is 0 Å². The molecule has 0 saturated carbocycles. The molecule has 0 aromatic rings. The van der Waals surface area contributed by atoms with E-state index < -0.39 is 2.74 Å². The van der Waals surface area contributed by atoms with Crippen LogP contribution in [0.1, 0.15) is 0 Å². The Morgan fingerprint density at radius 3 is 0.833 bits per heavy atom. The van der Waals surface area contributed by atoms with E-state index >= 15 is 0 Å². The minimum Gasteiger partial charge on any atom is -0.141 e. The van der Waals surface area contributed by atoms with Gasteiger partial charge in [-0.25, -0.2) is 0 Å². The third-order valence-corrected chi connectivity index (χ3v) is 0. The Morgan fingerprint density at radius 2 is 0.833 bits per heavy atom. The topological polar surface area (TPSA) is 0 Å². The fraction of sp³-hybridized carbons (Fsp3) is 1.00. The van der Waals surface area contributed by atoms with Crippen molar-refractivity contribution in [2.45, 2.75) is 2.74 Å². The Labute approximate surface area is 81.8 Å². The second-order valence-electron chi connectivity index (χ2n) is 0.600. The molecule has 0 nitrogen and oxygen atoms in total. The summed E-state index contributed by atoms with van der Waals surface area (Å²) in [6.45, 7) is 0. The van der Waals surface area contributed by atoms with Gasteiger partial charge in [0.1, 0.15) is 2.74 Å². The molecule has 6 heavy (non-hydrogen) atoms. The summed E-state index contributed by atoms with van der Waals surface area (Å²) < 4.78 is -0.722. The van der Waals surface area contributed by atoms with Crippen LogP contribution in [0.3, 0.4) is 0 Å². The first-order valence-corrected chi connectivity index (χ1v) is 2.68. The van der Waals surface area contributed by atoms with Crippen LogP contribution in [0.25, 0.3) is 0 Å². The molecule has 0 atom stereocenters. The van der Waals surface area contributed by atoms with Crippen LogP contribution in [0.5, 0.6) is 0 Å². The summed E-state index contributed by atoms with van der Waals surface area (Å²) in [7, 11) is 0. The average molecular weight is 167 g/mol. The average Bonchev–Trinajstić information content (AvgIpc) is 0.722. The van der Waals surface area contributed by atoms with E-state index in [-0.39, 0.29) is 29.6 Å². The first kappa shape index (κ1) is 11.2. The van der Waals surface area contributed by atoms with Crippen molar-refractivity contribution in [3.8, 4) is 0 Å². The summed E-state index contributed by atoms with van der Waals surface area (Å²) in [5, 5.41) is 0. The summed E-state index contributed by atoms with van der Waals surface area (Å²) in [6, 6.07) is 0. The van der Waals surface area contributed by atoms with Gasteiger partial charge in [-0.05, 0) is 0 Å². The second-order valence-corrected chi connectivity index (χ2v) is 5.40. The molecule has 32 valence electrons. The summed E-state index contributed by atoms with van der Waals surface area (Å²) in [5.41, 5.74) is 0. The molecule has 0 aliphatic carbocycles. The molecule has 0 unspecified atom stereocenters. The van der Waals surface area contributed by atoms with Crippen LogP contribution in [0.2, 0.25) is 0 Å². The molecular formula is CH4NaS4+. The number of rotatable bonds is 0. The molecule has 0 aromatic carbocycles. The van der Waals surface area contributed by atoms with E-state index in [1.54, 1.807) is 0 Å². The Bertz CT molecular complexity index is 23.0. The summed E-state index contributed by atoms with van der Waals surface area (Å²) >= 11 is 14.9. The van der Waals surface area contributed by atoms with E-state index in [9.17, 15) is 0 Å². The molecule has 0 aromatic heterocycles. The maximum absolute atomic E-state index is 3.72. The fourth-order valence-electron chi connectivity index (χ4n) is 0. The Balaban J connectivity index is 0. The molecule has 0 fully saturated rings. The first-order valence-electron chi connectivity index (χ1n) is 0.894. The summed E-state index contributed by atoms with van der Waals surface area (Å²) in [5.74, 6) is 0. The molecular weight excluding hydrogens is 163 g/mol. The van der Waals surface area contributed by atoms with Crippen molar-refractivity contribution in [2.24, 2.45) is 0 Å². The van der Waals surface area contributed by atoms with E-state index in [2.05, 4.69) is 50.5 Å². The molecule has 0 aliphatic rings. The van der Waals surface area contributed by atoms with Gasteiger partial charge in [0.15, 0.2) is 0 Å². The zero-order valence-electron chi connectivity index (χ0n) is 3.29. The molecule has 5 heteroatoms. The second kappa shape index (κ2) is 4.30. The maximum atomic E-state index is 3.72. The molecule has 0 bridgehead atoms. The van der Waals surface area contributed by atoms with Crippen molar-refractivity contribution in [1.29, 1.82) is 0 Å². The zero-order valence-corrected chi connectivity index (χ0v) is 8.87. The Hall–Kier alpha value is 2.40. The van der Waals surface area contributed by atoms with Crippen LogP contribution in [0.4, 0.5) is 0 Å².